The van der Waals surface area contributed by atoms with Crippen molar-refractivity contribution in [3.05, 3.63) is 18.3 Å². The van der Waals surface area contributed by atoms with Gasteiger partial charge in [0.15, 0.2) is 0 Å². The second kappa shape index (κ2) is 9.84. The van der Waals surface area contributed by atoms with Crippen LogP contribution in [0, 0.1) is 0 Å². The third-order valence-electron chi connectivity index (χ3n) is 4.37. The molecule has 2 heterocycles. The Labute approximate surface area is 155 Å². The topological polar surface area (TPSA) is 89.6 Å². The molecule has 3 N–H and O–H groups in total. The van der Waals surface area contributed by atoms with Gasteiger partial charge in [-0.2, -0.15) is 0 Å². The largest absolute Gasteiger partial charge is 0.381 e. The third kappa shape index (κ3) is 6.42. The highest BCUT2D eigenvalue weighted by Gasteiger charge is 2.20. The van der Waals surface area contributed by atoms with E-state index in [4.69, 9.17) is 0 Å². The molecule has 0 aliphatic carbocycles. The molecule has 1 aliphatic heterocycles. The lowest BCUT2D eigenvalue weighted by Crippen LogP contribution is -2.43. The van der Waals surface area contributed by atoms with Crippen LogP contribution in [0.25, 0.3) is 0 Å². The van der Waals surface area contributed by atoms with Gasteiger partial charge in [0, 0.05) is 53.2 Å². The Kier molecular flexibility index (Phi) is 7.50. The molecule has 1 fully saturated rings. The Morgan fingerprint density at radius 3 is 2.62 bits per heavy atom. The molecule has 26 heavy (non-hydrogen) atoms. The average molecular weight is 362 g/mol. The van der Waals surface area contributed by atoms with E-state index < -0.39 is 0 Å². The molecule has 1 aromatic rings. The number of aromatic nitrogens is 1. The first-order valence-electron chi connectivity index (χ1n) is 9.13. The zero-order chi connectivity index (χ0) is 18.9. The van der Waals surface area contributed by atoms with Gasteiger partial charge in [-0.15, -0.1) is 0 Å². The number of nitrogens with zero attached hydrogens (tertiary/aromatic N) is 3. The van der Waals surface area contributed by atoms with E-state index in [1.54, 1.807) is 0 Å². The van der Waals surface area contributed by atoms with Gasteiger partial charge in [-0.25, -0.2) is 9.78 Å². The SMILES string of the molecule is CC(=O)NCCNC(=O)N1CCC[C@@H](Nc2ccc(N(C)C)nc2)CC1. The molecule has 0 bridgehead atoms. The number of hydrogen-bond donors (Lipinski definition) is 3. The van der Waals surface area contributed by atoms with Crippen molar-refractivity contribution in [3.63, 3.8) is 0 Å². The molecule has 2 rings (SSSR count). The molecular formula is C18H30N6O2. The molecule has 1 saturated heterocycles. The number of carbonyl (C=O) groups is 2. The van der Waals surface area contributed by atoms with Crippen LogP contribution in [-0.2, 0) is 4.79 Å². The molecule has 8 nitrogen and oxygen atoms in total. The van der Waals surface area contributed by atoms with Crippen molar-refractivity contribution >= 4 is 23.4 Å². The maximum Gasteiger partial charge on any atom is 0.317 e. The zero-order valence-electron chi connectivity index (χ0n) is 15.9. The molecule has 0 spiro atoms. The maximum atomic E-state index is 12.2. The first-order chi connectivity index (χ1) is 12.5. The van der Waals surface area contributed by atoms with Gasteiger partial charge in [0.1, 0.15) is 5.82 Å². The molecule has 1 aliphatic rings. The second-order valence-electron chi connectivity index (χ2n) is 6.77. The van der Waals surface area contributed by atoms with E-state index in [0.29, 0.717) is 25.7 Å². The number of carbonyl (C=O) groups excluding carboxylic acids is 2. The quantitative estimate of drug-likeness (QED) is 0.663. The van der Waals surface area contributed by atoms with E-state index in [9.17, 15) is 9.59 Å². The summed E-state index contributed by atoms with van der Waals surface area (Å²) in [5.41, 5.74) is 1.01. The summed E-state index contributed by atoms with van der Waals surface area (Å²) >= 11 is 0. The van der Waals surface area contributed by atoms with Crippen molar-refractivity contribution in [3.8, 4) is 0 Å². The summed E-state index contributed by atoms with van der Waals surface area (Å²) < 4.78 is 0. The molecule has 8 heteroatoms. The van der Waals surface area contributed by atoms with E-state index in [1.807, 2.05) is 42.2 Å². The minimum Gasteiger partial charge on any atom is -0.381 e. The van der Waals surface area contributed by atoms with Gasteiger partial charge in [-0.3, -0.25) is 4.79 Å². The van der Waals surface area contributed by atoms with E-state index >= 15 is 0 Å². The summed E-state index contributed by atoms with van der Waals surface area (Å²) in [7, 11) is 3.94. The standard InChI is InChI=1S/C18H30N6O2/c1-14(25)19-9-10-20-18(26)24-11-4-5-15(8-12-24)22-16-6-7-17(21-13-16)23(2)3/h6-7,13,15,22H,4-5,8-12H2,1-3H3,(H,19,25)(H,20,26)/t15-/m1/s1. The van der Waals surface area contributed by atoms with Crippen LogP contribution < -0.4 is 20.9 Å². The zero-order valence-corrected chi connectivity index (χ0v) is 15.9. The van der Waals surface area contributed by atoms with Gasteiger partial charge in [-0.05, 0) is 31.4 Å². The van der Waals surface area contributed by atoms with Gasteiger partial charge in [0.25, 0.3) is 0 Å². The Bertz CT molecular complexity index is 590. The fourth-order valence-corrected chi connectivity index (χ4v) is 2.94. The van der Waals surface area contributed by atoms with Gasteiger partial charge in [-0.1, -0.05) is 0 Å². The van der Waals surface area contributed by atoms with Crippen molar-refractivity contribution in [2.24, 2.45) is 0 Å². The third-order valence-corrected chi connectivity index (χ3v) is 4.37. The number of likely N-dealkylation sites (tertiary alicyclic amines) is 1. The second-order valence-corrected chi connectivity index (χ2v) is 6.77. The van der Waals surface area contributed by atoms with Crippen LogP contribution >= 0.6 is 0 Å². The molecule has 0 unspecified atom stereocenters. The first kappa shape index (κ1) is 19.8. The van der Waals surface area contributed by atoms with E-state index in [1.165, 1.54) is 6.92 Å². The van der Waals surface area contributed by atoms with Crippen LogP contribution in [0.5, 0.6) is 0 Å². The Hall–Kier alpha value is -2.51. The number of rotatable bonds is 6. The van der Waals surface area contributed by atoms with Crippen LogP contribution in [0.3, 0.4) is 0 Å². The maximum absolute atomic E-state index is 12.2. The molecule has 144 valence electrons. The molecule has 0 aromatic carbocycles. The van der Waals surface area contributed by atoms with Crippen LogP contribution in [0.1, 0.15) is 26.2 Å². The van der Waals surface area contributed by atoms with Crippen LogP contribution in [0.4, 0.5) is 16.3 Å². The normalized spacial score (nSPS) is 17.2. The minimum atomic E-state index is -0.0870. The van der Waals surface area contributed by atoms with E-state index in [2.05, 4.69) is 20.9 Å². The fraction of sp³-hybridized carbons (Fsp3) is 0.611. The minimum absolute atomic E-state index is 0.0620. The highest BCUT2D eigenvalue weighted by atomic mass is 16.2. The van der Waals surface area contributed by atoms with E-state index in [0.717, 1.165) is 37.3 Å². The average Bonchev–Trinajstić information content (AvgIpc) is 2.84. The summed E-state index contributed by atoms with van der Waals surface area (Å²) in [6, 6.07) is 4.31. The summed E-state index contributed by atoms with van der Waals surface area (Å²) in [4.78, 5) is 31.3. The first-order valence-corrected chi connectivity index (χ1v) is 9.13. The predicted octanol–water partition coefficient (Wildman–Crippen LogP) is 1.26. The highest BCUT2D eigenvalue weighted by Crippen LogP contribution is 2.18. The van der Waals surface area contributed by atoms with Crippen molar-refractivity contribution in [1.82, 2.24) is 20.5 Å². The molecule has 1 aromatic heterocycles. The predicted molar refractivity (Wildman–Crippen MR) is 103 cm³/mol. The highest BCUT2D eigenvalue weighted by molar-refractivity contribution is 5.75. The van der Waals surface area contributed by atoms with Crippen molar-refractivity contribution in [2.45, 2.75) is 32.2 Å². The van der Waals surface area contributed by atoms with Gasteiger partial charge in [0.05, 0.1) is 11.9 Å². The van der Waals surface area contributed by atoms with Gasteiger partial charge >= 0.3 is 6.03 Å². The Balaban J connectivity index is 1.76. The molecule has 3 amide bonds. The van der Waals surface area contributed by atoms with Gasteiger partial charge < -0.3 is 25.8 Å². The smallest absolute Gasteiger partial charge is 0.317 e. The lowest BCUT2D eigenvalue weighted by atomic mass is 10.1. The van der Waals surface area contributed by atoms with Gasteiger partial charge in [0.2, 0.25) is 5.91 Å². The molecule has 1 atom stereocenters. The van der Waals surface area contributed by atoms with Crippen LogP contribution in [0.15, 0.2) is 18.3 Å². The number of nitrogens with one attached hydrogen (secondary N) is 3. The summed E-state index contributed by atoms with van der Waals surface area (Å²) in [6.07, 6.45) is 4.73. The monoisotopic (exact) mass is 362 g/mol. The lowest BCUT2D eigenvalue weighted by molar-refractivity contribution is -0.118. The van der Waals surface area contributed by atoms with Crippen molar-refractivity contribution in [2.75, 3.05) is 50.5 Å². The molecular weight excluding hydrogens is 332 g/mol. The van der Waals surface area contributed by atoms with Crippen molar-refractivity contribution in [1.29, 1.82) is 0 Å². The van der Waals surface area contributed by atoms with Crippen LogP contribution in [0.2, 0.25) is 0 Å². The number of amides is 3. The Morgan fingerprint density at radius 1 is 1.19 bits per heavy atom. The Morgan fingerprint density at radius 2 is 1.96 bits per heavy atom. The van der Waals surface area contributed by atoms with E-state index in [-0.39, 0.29) is 11.9 Å². The number of pyridine rings is 1. The van der Waals surface area contributed by atoms with Crippen LogP contribution in [-0.4, -0.2) is 68.1 Å². The number of urea groups is 1. The summed E-state index contributed by atoms with van der Waals surface area (Å²) in [6.45, 7) is 3.83. The molecule has 0 saturated carbocycles. The lowest BCUT2D eigenvalue weighted by Gasteiger charge is -2.22. The fourth-order valence-electron chi connectivity index (χ4n) is 2.94. The number of hydrogen-bond acceptors (Lipinski definition) is 5. The molecule has 0 radical (unpaired) electrons. The summed E-state index contributed by atoms with van der Waals surface area (Å²) in [5, 5.41) is 9.05. The number of anilines is 2. The summed E-state index contributed by atoms with van der Waals surface area (Å²) in [5.74, 6) is 0.842. The van der Waals surface area contributed by atoms with Crippen molar-refractivity contribution < 1.29 is 9.59 Å².